The number of rotatable bonds is 8. The number of benzene rings is 2. The molecule has 0 aliphatic carbocycles. The standard InChI is InChI=1S/C26H30N4O5/c1-4-34-26(32)21-8-5-9-22(17(21)2)27-25(31)19-7-6-14-30(15-19)16-23-28-24(29-35-23)18-10-12-20(33-3)13-11-18/h5,8-13,19H,4,6-7,14-16H2,1-3H3,(H,27,31). The molecule has 9 nitrogen and oxygen atoms in total. The summed E-state index contributed by atoms with van der Waals surface area (Å²) >= 11 is 0. The van der Waals surface area contributed by atoms with E-state index in [-0.39, 0.29) is 11.8 Å². The van der Waals surface area contributed by atoms with Gasteiger partial charge in [-0.15, -0.1) is 0 Å². The Morgan fingerprint density at radius 1 is 1.20 bits per heavy atom. The average Bonchev–Trinajstić information content (AvgIpc) is 3.34. The van der Waals surface area contributed by atoms with Crippen LogP contribution in [0.5, 0.6) is 5.75 Å². The Kier molecular flexibility index (Phi) is 7.77. The van der Waals surface area contributed by atoms with Crippen LogP contribution >= 0.6 is 0 Å². The van der Waals surface area contributed by atoms with Crippen LogP contribution in [0.1, 0.15) is 41.6 Å². The number of nitrogens with one attached hydrogen (secondary N) is 1. The van der Waals surface area contributed by atoms with E-state index in [0.717, 1.165) is 30.7 Å². The van der Waals surface area contributed by atoms with Crippen molar-refractivity contribution in [1.82, 2.24) is 15.0 Å². The van der Waals surface area contributed by atoms with Crippen LogP contribution in [0, 0.1) is 12.8 Å². The van der Waals surface area contributed by atoms with Gasteiger partial charge in [-0.25, -0.2) is 4.79 Å². The lowest BCUT2D eigenvalue weighted by molar-refractivity contribution is -0.121. The number of methoxy groups -OCH3 is 1. The smallest absolute Gasteiger partial charge is 0.338 e. The molecule has 0 bridgehead atoms. The Hall–Kier alpha value is -3.72. The third-order valence-electron chi connectivity index (χ3n) is 6.14. The number of esters is 1. The minimum absolute atomic E-state index is 0.0664. The Labute approximate surface area is 204 Å². The zero-order chi connectivity index (χ0) is 24.8. The molecule has 1 aromatic heterocycles. The van der Waals surface area contributed by atoms with E-state index in [1.807, 2.05) is 31.2 Å². The first-order valence-electron chi connectivity index (χ1n) is 11.8. The van der Waals surface area contributed by atoms with Crippen molar-refractivity contribution in [3.63, 3.8) is 0 Å². The summed E-state index contributed by atoms with van der Waals surface area (Å²) in [4.78, 5) is 31.9. The van der Waals surface area contributed by atoms with Crippen LogP contribution in [-0.4, -0.2) is 53.7 Å². The number of hydrogen-bond donors (Lipinski definition) is 1. The summed E-state index contributed by atoms with van der Waals surface area (Å²) in [6.45, 7) is 5.79. The third-order valence-corrected chi connectivity index (χ3v) is 6.14. The van der Waals surface area contributed by atoms with Crippen molar-refractivity contribution in [3.05, 3.63) is 59.5 Å². The highest BCUT2D eigenvalue weighted by Crippen LogP contribution is 2.25. The second kappa shape index (κ2) is 11.1. The monoisotopic (exact) mass is 478 g/mol. The maximum absolute atomic E-state index is 13.1. The molecule has 4 rings (SSSR count). The lowest BCUT2D eigenvalue weighted by atomic mass is 9.96. The number of piperidine rings is 1. The minimum Gasteiger partial charge on any atom is -0.497 e. The fourth-order valence-corrected chi connectivity index (χ4v) is 4.22. The zero-order valence-electron chi connectivity index (χ0n) is 20.2. The van der Waals surface area contributed by atoms with E-state index in [9.17, 15) is 9.59 Å². The van der Waals surface area contributed by atoms with E-state index in [1.54, 1.807) is 32.2 Å². The summed E-state index contributed by atoms with van der Waals surface area (Å²) < 4.78 is 15.8. The van der Waals surface area contributed by atoms with Gasteiger partial charge in [-0.05, 0) is 75.2 Å². The molecule has 1 unspecified atom stereocenters. The topological polar surface area (TPSA) is 107 Å². The van der Waals surface area contributed by atoms with Gasteiger partial charge < -0.3 is 19.3 Å². The molecule has 0 spiro atoms. The molecule has 2 heterocycles. The predicted octanol–water partition coefficient (Wildman–Crippen LogP) is 4.08. The number of carbonyl (C=O) groups is 2. The number of amides is 1. The molecule has 1 atom stereocenters. The number of anilines is 1. The Bertz CT molecular complexity index is 1170. The number of carbonyl (C=O) groups excluding carboxylic acids is 2. The lowest BCUT2D eigenvalue weighted by Gasteiger charge is -2.31. The number of ether oxygens (including phenoxy) is 2. The van der Waals surface area contributed by atoms with Gasteiger partial charge in [0, 0.05) is 17.8 Å². The van der Waals surface area contributed by atoms with Crippen molar-refractivity contribution in [3.8, 4) is 17.1 Å². The number of nitrogens with zero attached hydrogens (tertiary/aromatic N) is 3. The summed E-state index contributed by atoms with van der Waals surface area (Å²) in [7, 11) is 1.62. The van der Waals surface area contributed by atoms with Crippen LogP contribution in [-0.2, 0) is 16.1 Å². The second-order valence-electron chi connectivity index (χ2n) is 8.50. The summed E-state index contributed by atoms with van der Waals surface area (Å²) in [5.41, 5.74) is 2.62. The summed E-state index contributed by atoms with van der Waals surface area (Å²) in [6, 6.07) is 12.7. The zero-order valence-corrected chi connectivity index (χ0v) is 20.2. The summed E-state index contributed by atoms with van der Waals surface area (Å²) in [5, 5.41) is 7.09. The molecule has 184 valence electrons. The van der Waals surface area contributed by atoms with E-state index in [2.05, 4.69) is 20.4 Å². The van der Waals surface area contributed by atoms with Crippen LogP contribution in [0.3, 0.4) is 0 Å². The predicted molar refractivity (Wildman–Crippen MR) is 130 cm³/mol. The molecule has 3 aromatic rings. The first-order chi connectivity index (χ1) is 17.0. The summed E-state index contributed by atoms with van der Waals surface area (Å²) in [5.74, 6) is 1.15. The van der Waals surface area contributed by atoms with E-state index in [0.29, 0.717) is 48.2 Å². The molecule has 1 aliphatic rings. The Morgan fingerprint density at radius 3 is 2.74 bits per heavy atom. The van der Waals surface area contributed by atoms with Gasteiger partial charge in [0.15, 0.2) is 0 Å². The Balaban J connectivity index is 1.37. The molecule has 1 fully saturated rings. The molecule has 9 heteroatoms. The molecular formula is C26H30N4O5. The van der Waals surface area contributed by atoms with Crippen LogP contribution < -0.4 is 10.1 Å². The molecule has 2 aromatic carbocycles. The van der Waals surface area contributed by atoms with Gasteiger partial charge >= 0.3 is 5.97 Å². The fourth-order valence-electron chi connectivity index (χ4n) is 4.22. The van der Waals surface area contributed by atoms with Gasteiger partial charge in [-0.2, -0.15) is 4.98 Å². The molecule has 1 aliphatic heterocycles. The number of hydrogen-bond acceptors (Lipinski definition) is 8. The van der Waals surface area contributed by atoms with Crippen molar-refractivity contribution < 1.29 is 23.6 Å². The number of aromatic nitrogens is 2. The third kappa shape index (κ3) is 5.86. The van der Waals surface area contributed by atoms with Crippen molar-refractivity contribution in [2.24, 2.45) is 5.92 Å². The highest BCUT2D eigenvalue weighted by Gasteiger charge is 2.27. The number of likely N-dealkylation sites (tertiary alicyclic amines) is 1. The summed E-state index contributed by atoms with van der Waals surface area (Å²) in [6.07, 6.45) is 1.68. The van der Waals surface area contributed by atoms with Crippen LogP contribution in [0.4, 0.5) is 5.69 Å². The normalized spacial score (nSPS) is 16.0. The van der Waals surface area contributed by atoms with Crippen molar-refractivity contribution in [1.29, 1.82) is 0 Å². The molecule has 35 heavy (non-hydrogen) atoms. The van der Waals surface area contributed by atoms with Gasteiger partial charge in [-0.1, -0.05) is 11.2 Å². The maximum Gasteiger partial charge on any atom is 0.338 e. The van der Waals surface area contributed by atoms with Gasteiger partial charge in [0.2, 0.25) is 17.6 Å². The van der Waals surface area contributed by atoms with E-state index >= 15 is 0 Å². The molecule has 1 amide bonds. The highest BCUT2D eigenvalue weighted by molar-refractivity contribution is 5.97. The highest BCUT2D eigenvalue weighted by atomic mass is 16.5. The largest absolute Gasteiger partial charge is 0.497 e. The van der Waals surface area contributed by atoms with Crippen LogP contribution in [0.2, 0.25) is 0 Å². The minimum atomic E-state index is -0.390. The fraction of sp³-hybridized carbons (Fsp3) is 0.385. The van der Waals surface area contributed by atoms with Crippen LogP contribution in [0.15, 0.2) is 47.0 Å². The molecule has 1 N–H and O–H groups in total. The SMILES string of the molecule is CCOC(=O)c1cccc(NC(=O)C2CCCN(Cc3nc(-c4ccc(OC)cc4)no3)C2)c1C. The van der Waals surface area contributed by atoms with Gasteiger partial charge in [-0.3, -0.25) is 9.69 Å². The molecular weight excluding hydrogens is 448 g/mol. The molecule has 0 radical (unpaired) electrons. The average molecular weight is 479 g/mol. The quantitative estimate of drug-likeness (QED) is 0.483. The van der Waals surface area contributed by atoms with E-state index in [4.69, 9.17) is 14.0 Å². The van der Waals surface area contributed by atoms with Crippen molar-refractivity contribution in [2.75, 3.05) is 32.1 Å². The van der Waals surface area contributed by atoms with E-state index < -0.39 is 5.97 Å². The van der Waals surface area contributed by atoms with Gasteiger partial charge in [0.25, 0.3) is 0 Å². The van der Waals surface area contributed by atoms with Crippen molar-refractivity contribution >= 4 is 17.6 Å². The molecule has 1 saturated heterocycles. The van der Waals surface area contributed by atoms with Gasteiger partial charge in [0.1, 0.15) is 5.75 Å². The first kappa shape index (κ1) is 24.4. The maximum atomic E-state index is 13.1. The lowest BCUT2D eigenvalue weighted by Crippen LogP contribution is -2.40. The van der Waals surface area contributed by atoms with E-state index in [1.165, 1.54) is 0 Å². The molecule has 0 saturated carbocycles. The second-order valence-corrected chi connectivity index (χ2v) is 8.50. The van der Waals surface area contributed by atoms with Crippen molar-refractivity contribution in [2.45, 2.75) is 33.2 Å². The van der Waals surface area contributed by atoms with Crippen LogP contribution in [0.25, 0.3) is 11.4 Å². The van der Waals surface area contributed by atoms with Gasteiger partial charge in [0.05, 0.1) is 31.7 Å². The first-order valence-corrected chi connectivity index (χ1v) is 11.8. The Morgan fingerprint density at radius 2 is 2.00 bits per heavy atom.